The van der Waals surface area contributed by atoms with Gasteiger partial charge in [-0.3, -0.25) is 4.98 Å². The number of nitrogens with two attached hydrogens (primary N) is 1. The van der Waals surface area contributed by atoms with Crippen LogP contribution in [0.2, 0.25) is 0 Å². The molecule has 2 N–H and O–H groups in total. The minimum atomic E-state index is 0.804. The summed E-state index contributed by atoms with van der Waals surface area (Å²) in [6.07, 6.45) is 6.82. The molecule has 1 aromatic heterocycles. The molecule has 0 amide bonds. The average Bonchev–Trinajstić information content (AvgIpc) is 2.39. The minimum Gasteiger partial charge on any atom is -0.330 e. The minimum absolute atomic E-state index is 0.804. The van der Waals surface area contributed by atoms with Crippen molar-refractivity contribution in [2.75, 3.05) is 20.1 Å². The van der Waals surface area contributed by atoms with E-state index in [0.717, 1.165) is 31.2 Å². The molecule has 0 fully saturated rings. The Bertz CT molecular complexity index is 300. The Morgan fingerprint density at radius 2 is 2.17 bits per heavy atom. The summed E-state index contributed by atoms with van der Waals surface area (Å²) in [4.78, 5) is 6.69. The predicted molar refractivity (Wildman–Crippen MR) is 77.3 cm³/mol. The summed E-state index contributed by atoms with van der Waals surface area (Å²) >= 11 is 0. The summed E-state index contributed by atoms with van der Waals surface area (Å²) in [5, 5.41) is 0. The van der Waals surface area contributed by atoms with E-state index >= 15 is 0 Å². The van der Waals surface area contributed by atoms with E-state index in [2.05, 4.69) is 29.9 Å². The van der Waals surface area contributed by atoms with E-state index in [1.807, 2.05) is 18.3 Å². The van der Waals surface area contributed by atoms with Gasteiger partial charge in [0.1, 0.15) is 0 Å². The number of hydrogen-bond donors (Lipinski definition) is 1. The van der Waals surface area contributed by atoms with Gasteiger partial charge in [0.25, 0.3) is 0 Å². The van der Waals surface area contributed by atoms with E-state index in [0.29, 0.717) is 0 Å². The van der Waals surface area contributed by atoms with Crippen molar-refractivity contribution in [1.29, 1.82) is 0 Å². The van der Waals surface area contributed by atoms with Gasteiger partial charge in [-0.2, -0.15) is 0 Å². The van der Waals surface area contributed by atoms with Gasteiger partial charge in [0.2, 0.25) is 0 Å². The molecular weight excluding hydrogens is 222 g/mol. The molecule has 0 saturated carbocycles. The van der Waals surface area contributed by atoms with E-state index in [1.54, 1.807) is 0 Å². The number of pyridine rings is 1. The molecule has 102 valence electrons. The maximum atomic E-state index is 5.62. The second-order valence-corrected chi connectivity index (χ2v) is 5.05. The zero-order valence-electron chi connectivity index (χ0n) is 11.8. The molecule has 3 nitrogen and oxygen atoms in total. The summed E-state index contributed by atoms with van der Waals surface area (Å²) in [6.45, 7) is 5.16. The second-order valence-electron chi connectivity index (χ2n) is 5.05. The normalized spacial score (nSPS) is 12.9. The molecule has 18 heavy (non-hydrogen) atoms. The Balaban J connectivity index is 2.19. The van der Waals surface area contributed by atoms with Gasteiger partial charge in [0.05, 0.1) is 5.69 Å². The van der Waals surface area contributed by atoms with Crippen LogP contribution in [0.3, 0.4) is 0 Å². The highest BCUT2D eigenvalue weighted by atomic mass is 15.1. The van der Waals surface area contributed by atoms with Crippen LogP contribution in [0.25, 0.3) is 0 Å². The van der Waals surface area contributed by atoms with Crippen molar-refractivity contribution in [2.45, 2.75) is 39.2 Å². The van der Waals surface area contributed by atoms with Crippen LogP contribution in [-0.4, -0.2) is 30.0 Å². The Hall–Kier alpha value is -0.930. The zero-order chi connectivity index (χ0) is 13.2. The van der Waals surface area contributed by atoms with Gasteiger partial charge >= 0.3 is 0 Å². The number of aromatic nitrogens is 1. The number of nitrogens with zero attached hydrogens (tertiary/aromatic N) is 2. The third-order valence-electron chi connectivity index (χ3n) is 3.46. The van der Waals surface area contributed by atoms with Gasteiger partial charge in [0.15, 0.2) is 0 Å². The predicted octanol–water partition coefficient (Wildman–Crippen LogP) is 2.67. The fourth-order valence-electron chi connectivity index (χ4n) is 2.29. The molecule has 0 saturated heterocycles. The summed E-state index contributed by atoms with van der Waals surface area (Å²) in [6, 6.07) is 6.09. The summed E-state index contributed by atoms with van der Waals surface area (Å²) in [5.74, 6) is 0.804. The van der Waals surface area contributed by atoms with E-state index in [9.17, 15) is 0 Å². The smallest absolute Gasteiger partial charge is 0.0543 e. The Kier molecular flexibility index (Phi) is 7.62. The van der Waals surface area contributed by atoms with Crippen LogP contribution in [0.1, 0.15) is 38.3 Å². The molecule has 0 aliphatic carbocycles. The van der Waals surface area contributed by atoms with Crippen molar-refractivity contribution in [3.63, 3.8) is 0 Å². The lowest BCUT2D eigenvalue weighted by Crippen LogP contribution is -2.20. The summed E-state index contributed by atoms with van der Waals surface area (Å²) in [5.41, 5.74) is 6.77. The highest BCUT2D eigenvalue weighted by molar-refractivity contribution is 5.02. The van der Waals surface area contributed by atoms with Crippen LogP contribution in [0.15, 0.2) is 24.4 Å². The van der Waals surface area contributed by atoms with Gasteiger partial charge in [-0.05, 0) is 57.5 Å². The van der Waals surface area contributed by atoms with Gasteiger partial charge in [-0.1, -0.05) is 19.4 Å². The quantitative estimate of drug-likeness (QED) is 0.731. The van der Waals surface area contributed by atoms with Crippen molar-refractivity contribution >= 4 is 0 Å². The monoisotopic (exact) mass is 249 g/mol. The first-order valence-electron chi connectivity index (χ1n) is 7.04. The highest BCUT2D eigenvalue weighted by Gasteiger charge is 2.06. The molecule has 0 radical (unpaired) electrons. The van der Waals surface area contributed by atoms with Gasteiger partial charge in [-0.15, -0.1) is 0 Å². The first-order chi connectivity index (χ1) is 8.76. The fourth-order valence-corrected chi connectivity index (χ4v) is 2.29. The molecule has 1 unspecified atom stereocenters. The Morgan fingerprint density at radius 3 is 2.78 bits per heavy atom. The van der Waals surface area contributed by atoms with Crippen LogP contribution in [0, 0.1) is 5.92 Å². The van der Waals surface area contributed by atoms with Crippen molar-refractivity contribution in [1.82, 2.24) is 9.88 Å². The highest BCUT2D eigenvalue weighted by Crippen LogP contribution is 2.14. The molecule has 1 atom stereocenters. The SMILES string of the molecule is CCC(CCN)CCCN(C)Cc1ccccn1. The van der Waals surface area contributed by atoms with E-state index < -0.39 is 0 Å². The summed E-state index contributed by atoms with van der Waals surface area (Å²) in [7, 11) is 2.17. The van der Waals surface area contributed by atoms with Crippen LogP contribution in [-0.2, 0) is 6.54 Å². The molecule has 0 aliphatic rings. The van der Waals surface area contributed by atoms with Gasteiger partial charge in [-0.25, -0.2) is 0 Å². The molecule has 1 aromatic rings. The van der Waals surface area contributed by atoms with E-state index in [1.165, 1.54) is 25.7 Å². The van der Waals surface area contributed by atoms with Crippen LogP contribution < -0.4 is 5.73 Å². The van der Waals surface area contributed by atoms with Crippen molar-refractivity contribution in [2.24, 2.45) is 11.7 Å². The maximum absolute atomic E-state index is 5.62. The maximum Gasteiger partial charge on any atom is 0.0543 e. The second kappa shape index (κ2) is 9.06. The van der Waals surface area contributed by atoms with Gasteiger partial charge < -0.3 is 10.6 Å². The lowest BCUT2D eigenvalue weighted by molar-refractivity contribution is 0.297. The first-order valence-corrected chi connectivity index (χ1v) is 7.04. The van der Waals surface area contributed by atoms with E-state index in [-0.39, 0.29) is 0 Å². The largest absolute Gasteiger partial charge is 0.330 e. The first kappa shape index (κ1) is 15.1. The van der Waals surface area contributed by atoms with E-state index in [4.69, 9.17) is 5.73 Å². The fraction of sp³-hybridized carbons (Fsp3) is 0.667. The van der Waals surface area contributed by atoms with Gasteiger partial charge in [0, 0.05) is 12.7 Å². The lowest BCUT2D eigenvalue weighted by atomic mass is 9.96. The molecule has 1 rings (SSSR count). The van der Waals surface area contributed by atoms with Crippen LogP contribution in [0.5, 0.6) is 0 Å². The van der Waals surface area contributed by atoms with Crippen LogP contribution >= 0.6 is 0 Å². The molecule has 0 spiro atoms. The third kappa shape index (κ3) is 6.12. The zero-order valence-corrected chi connectivity index (χ0v) is 11.8. The van der Waals surface area contributed by atoms with Crippen LogP contribution in [0.4, 0.5) is 0 Å². The lowest BCUT2D eigenvalue weighted by Gasteiger charge is -2.18. The molecule has 3 heteroatoms. The number of hydrogen-bond acceptors (Lipinski definition) is 3. The summed E-state index contributed by atoms with van der Waals surface area (Å²) < 4.78 is 0. The Labute approximate surface area is 111 Å². The molecule has 0 aromatic carbocycles. The molecule has 0 bridgehead atoms. The topological polar surface area (TPSA) is 42.1 Å². The number of rotatable bonds is 9. The standard InChI is InChI=1S/C15H27N3/c1-3-14(9-10-16)7-6-12-18(2)13-15-8-4-5-11-17-15/h4-5,8,11,14H,3,6-7,9-10,12-13,16H2,1-2H3. The van der Waals surface area contributed by atoms with Crippen molar-refractivity contribution in [3.05, 3.63) is 30.1 Å². The molecule has 0 aliphatic heterocycles. The average molecular weight is 249 g/mol. The third-order valence-corrected chi connectivity index (χ3v) is 3.46. The van der Waals surface area contributed by atoms with Crippen molar-refractivity contribution in [3.8, 4) is 0 Å². The van der Waals surface area contributed by atoms with Crippen molar-refractivity contribution < 1.29 is 0 Å². The Morgan fingerprint density at radius 1 is 1.33 bits per heavy atom. The molecule has 1 heterocycles. The molecular formula is C15H27N3.